The van der Waals surface area contributed by atoms with Crippen LogP contribution in [0.25, 0.3) is 83.2 Å². The van der Waals surface area contributed by atoms with Crippen molar-refractivity contribution in [2.24, 2.45) is 0 Å². The lowest BCUT2D eigenvalue weighted by Gasteiger charge is -2.12. The first-order valence-corrected chi connectivity index (χ1v) is 19.3. The lowest BCUT2D eigenvalue weighted by atomic mass is 10.0. The lowest BCUT2D eigenvalue weighted by Crippen LogP contribution is -2.02. The van der Waals surface area contributed by atoms with Gasteiger partial charge in [-0.3, -0.25) is 0 Å². The summed E-state index contributed by atoms with van der Waals surface area (Å²) in [5.74, 6) is 1.87. The Hall–Kier alpha value is -7.37. The van der Waals surface area contributed by atoms with E-state index in [9.17, 15) is 0 Å². The molecule has 0 aliphatic carbocycles. The van der Waals surface area contributed by atoms with Gasteiger partial charge in [0.25, 0.3) is 0 Å². The van der Waals surface area contributed by atoms with Crippen LogP contribution in [0.2, 0.25) is 0 Å². The van der Waals surface area contributed by atoms with E-state index in [4.69, 9.17) is 15.0 Å². The van der Waals surface area contributed by atoms with Gasteiger partial charge >= 0.3 is 0 Å². The second kappa shape index (κ2) is 17.4. The van der Waals surface area contributed by atoms with Gasteiger partial charge in [-0.2, -0.15) is 0 Å². The molecule has 0 saturated carbocycles. The molecule has 0 atom stereocenters. The largest absolute Gasteiger partial charge is 0.317 e. The Morgan fingerprint density at radius 1 is 0.544 bits per heavy atom. The molecule has 0 fully saturated rings. The molecule has 3 heterocycles. The van der Waals surface area contributed by atoms with Crippen LogP contribution >= 0.6 is 0 Å². The van der Waals surface area contributed by atoms with Crippen LogP contribution in [-0.4, -0.2) is 24.1 Å². The summed E-state index contributed by atoms with van der Waals surface area (Å²) in [7, 11) is 0. The van der Waals surface area contributed by atoms with E-state index in [1.165, 1.54) is 38.0 Å². The molecule has 0 aliphatic rings. The Labute approximate surface area is 334 Å². The summed E-state index contributed by atoms with van der Waals surface area (Å²) in [6, 6.07) is 49.2. The molecule has 57 heavy (non-hydrogen) atoms. The first-order valence-electron chi connectivity index (χ1n) is 19.3. The van der Waals surface area contributed by atoms with Gasteiger partial charge in [-0.05, 0) is 73.0 Å². The molecule has 0 spiro atoms. The van der Waals surface area contributed by atoms with Crippen LogP contribution in [-0.2, 0) is 0 Å². The van der Waals surface area contributed by atoms with Crippen LogP contribution in [0.15, 0.2) is 202 Å². The number of hydrogen-bond acceptors (Lipinski definition) is 3. The summed E-state index contributed by atoms with van der Waals surface area (Å²) < 4.78 is 4.65. The summed E-state index contributed by atoms with van der Waals surface area (Å²) in [5.41, 5.74) is 8.51. The average Bonchev–Trinajstić information content (AvgIpc) is 3.86. The molecule has 3 aromatic heterocycles. The lowest BCUT2D eigenvalue weighted by molar-refractivity contribution is 1.04. The van der Waals surface area contributed by atoms with Crippen molar-refractivity contribution < 1.29 is 0 Å². The molecule has 0 bridgehead atoms. The van der Waals surface area contributed by atoms with E-state index in [1.807, 2.05) is 69.3 Å². The predicted octanol–water partition coefficient (Wildman–Crippen LogP) is 13.9. The maximum absolute atomic E-state index is 4.95. The third kappa shape index (κ3) is 7.51. The zero-order valence-electron chi connectivity index (χ0n) is 32.7. The van der Waals surface area contributed by atoms with Gasteiger partial charge in [-0.1, -0.05) is 149 Å². The van der Waals surface area contributed by atoms with Crippen molar-refractivity contribution in [1.29, 1.82) is 0 Å². The summed E-state index contributed by atoms with van der Waals surface area (Å²) in [6.45, 7) is 16.5. The van der Waals surface area contributed by atoms with Gasteiger partial charge < -0.3 is 9.13 Å². The molecule has 9 aromatic rings. The van der Waals surface area contributed by atoms with E-state index in [1.54, 1.807) is 18.2 Å². The first kappa shape index (κ1) is 37.9. The molecule has 0 N–H and O–H groups in total. The fourth-order valence-electron chi connectivity index (χ4n) is 7.08. The molecule has 0 unspecified atom stereocenters. The fraction of sp³-hybridized carbons (Fsp3) is 0.0577. The van der Waals surface area contributed by atoms with Crippen molar-refractivity contribution in [3.8, 4) is 34.2 Å². The molecule has 0 saturated heterocycles. The van der Waals surface area contributed by atoms with Crippen LogP contribution in [0.4, 0.5) is 0 Å². The van der Waals surface area contributed by atoms with Gasteiger partial charge in [-0.15, -0.1) is 0 Å². The van der Waals surface area contributed by atoms with E-state index >= 15 is 0 Å². The highest BCUT2D eigenvalue weighted by Gasteiger charge is 2.17. The van der Waals surface area contributed by atoms with Gasteiger partial charge in [0.2, 0.25) is 0 Å². The molecule has 5 nitrogen and oxygen atoms in total. The SMILES string of the molecule is C=C/C=C\C(=C/C)c1nc(-c2ccccc2)nc(-c2ccc(-n3c4ccccc4c4ccc5cc6c(ccn6-c6ccccc6)cc5c43)cc2)n1.C=CC=C.CC. The molecule has 9 rings (SSSR count). The van der Waals surface area contributed by atoms with E-state index in [-0.39, 0.29) is 0 Å². The molecular formula is C52H45N5. The second-order valence-electron chi connectivity index (χ2n) is 13.0. The van der Waals surface area contributed by atoms with E-state index in [0.29, 0.717) is 17.5 Å². The molecule has 5 heteroatoms. The second-order valence-corrected chi connectivity index (χ2v) is 13.0. The zero-order valence-corrected chi connectivity index (χ0v) is 32.7. The highest BCUT2D eigenvalue weighted by Crippen LogP contribution is 2.39. The summed E-state index contributed by atoms with van der Waals surface area (Å²) >= 11 is 0. The summed E-state index contributed by atoms with van der Waals surface area (Å²) in [6.07, 6.45) is 13.1. The number of aromatic nitrogens is 5. The molecule has 0 aliphatic heterocycles. The number of hydrogen-bond donors (Lipinski definition) is 0. The van der Waals surface area contributed by atoms with Gasteiger partial charge in [0.05, 0.1) is 16.6 Å². The molecule has 0 radical (unpaired) electrons. The van der Waals surface area contributed by atoms with Crippen molar-refractivity contribution in [3.05, 3.63) is 208 Å². The topological polar surface area (TPSA) is 48.5 Å². The van der Waals surface area contributed by atoms with Crippen LogP contribution in [0.1, 0.15) is 26.6 Å². The number of nitrogens with zero attached hydrogens (tertiary/aromatic N) is 5. The fourth-order valence-corrected chi connectivity index (χ4v) is 7.08. The molecular weight excluding hydrogens is 695 g/mol. The number of allylic oxidation sites excluding steroid dienone is 7. The zero-order chi connectivity index (χ0) is 39.7. The highest BCUT2D eigenvalue weighted by molar-refractivity contribution is 6.20. The Morgan fingerprint density at radius 3 is 1.86 bits per heavy atom. The van der Waals surface area contributed by atoms with E-state index in [2.05, 4.69) is 144 Å². The highest BCUT2D eigenvalue weighted by atomic mass is 15.0. The Bertz CT molecular complexity index is 2900. The summed E-state index contributed by atoms with van der Waals surface area (Å²) in [5, 5.41) is 6.07. The van der Waals surface area contributed by atoms with Crippen LogP contribution in [0.3, 0.4) is 0 Å². The Morgan fingerprint density at radius 2 is 1.19 bits per heavy atom. The average molecular weight is 740 g/mol. The number of benzene rings is 6. The van der Waals surface area contributed by atoms with Crippen LogP contribution < -0.4 is 0 Å². The van der Waals surface area contributed by atoms with Crippen molar-refractivity contribution in [2.75, 3.05) is 0 Å². The van der Waals surface area contributed by atoms with Gasteiger partial charge in [-0.25, -0.2) is 15.0 Å². The van der Waals surface area contributed by atoms with Crippen molar-refractivity contribution in [3.63, 3.8) is 0 Å². The third-order valence-electron chi connectivity index (χ3n) is 9.69. The molecule has 0 amide bonds. The van der Waals surface area contributed by atoms with Gasteiger partial charge in [0, 0.05) is 55.8 Å². The number of para-hydroxylation sites is 2. The third-order valence-corrected chi connectivity index (χ3v) is 9.69. The predicted molar refractivity (Wildman–Crippen MR) is 244 cm³/mol. The van der Waals surface area contributed by atoms with Gasteiger partial charge in [0.1, 0.15) is 0 Å². The normalized spacial score (nSPS) is 11.3. The van der Waals surface area contributed by atoms with Crippen molar-refractivity contribution in [2.45, 2.75) is 20.8 Å². The smallest absolute Gasteiger partial charge is 0.164 e. The minimum absolute atomic E-state index is 0.616. The maximum atomic E-state index is 4.95. The van der Waals surface area contributed by atoms with E-state index < -0.39 is 0 Å². The number of rotatable bonds is 8. The van der Waals surface area contributed by atoms with Crippen molar-refractivity contribution in [1.82, 2.24) is 24.1 Å². The van der Waals surface area contributed by atoms with Gasteiger partial charge in [0.15, 0.2) is 17.5 Å². The minimum Gasteiger partial charge on any atom is -0.317 e. The minimum atomic E-state index is 0.616. The standard InChI is InChI=1S/C46H33N5.C4H6.C2H6/c1-3-5-14-31(4-2)44-47-45(32-15-8-6-9-16-32)49-46(48-44)33-21-24-37(25-22-33)51-41-20-13-12-19-38(41)39-26-23-34-30-42-35(29-40(34)43(39)51)27-28-50(42)36-17-10-7-11-18-36;1-3-4-2;1-2/h3-30H,1H2,2H3;3-4H,1-2H2;1-2H3/b14-5-,31-4+;;. The summed E-state index contributed by atoms with van der Waals surface area (Å²) in [4.78, 5) is 14.8. The molecule has 6 aromatic carbocycles. The Kier molecular flexibility index (Phi) is 11.6. The maximum Gasteiger partial charge on any atom is 0.164 e. The van der Waals surface area contributed by atoms with Crippen LogP contribution in [0.5, 0.6) is 0 Å². The Balaban J connectivity index is 0.000000780. The molecule has 278 valence electrons. The monoisotopic (exact) mass is 739 g/mol. The number of fused-ring (bicyclic) bond motifs is 6. The first-order chi connectivity index (χ1) is 28.1. The van der Waals surface area contributed by atoms with Crippen LogP contribution in [0, 0.1) is 0 Å². The quantitative estimate of drug-likeness (QED) is 0.146. The van der Waals surface area contributed by atoms with Crippen molar-refractivity contribution >= 4 is 49.1 Å². The van der Waals surface area contributed by atoms with E-state index in [0.717, 1.165) is 33.6 Å².